The molecular weight excluding hydrogens is 198 g/mol. The molecule has 0 amide bonds. The van der Waals surface area contributed by atoms with Crippen molar-refractivity contribution in [1.82, 2.24) is 5.32 Å². The quantitative estimate of drug-likeness (QED) is 0.610. The van der Waals surface area contributed by atoms with Crippen molar-refractivity contribution >= 4 is 5.78 Å². The first-order valence-corrected chi connectivity index (χ1v) is 7.08. The highest BCUT2D eigenvalue weighted by Gasteiger charge is 2.21. The topological polar surface area (TPSA) is 29.1 Å². The molecule has 16 heavy (non-hydrogen) atoms. The zero-order valence-corrected chi connectivity index (χ0v) is 10.8. The van der Waals surface area contributed by atoms with Gasteiger partial charge in [-0.15, -0.1) is 0 Å². The van der Waals surface area contributed by atoms with Crippen LogP contribution in [0.25, 0.3) is 0 Å². The van der Waals surface area contributed by atoms with Crippen molar-refractivity contribution in [3.05, 3.63) is 0 Å². The van der Waals surface area contributed by atoms with E-state index in [2.05, 4.69) is 12.2 Å². The first-order chi connectivity index (χ1) is 7.84. The number of carbonyl (C=O) groups is 1. The first kappa shape index (κ1) is 13.7. The fourth-order valence-electron chi connectivity index (χ4n) is 2.39. The van der Waals surface area contributed by atoms with Crippen LogP contribution >= 0.6 is 0 Å². The number of hydrogen-bond donors (Lipinski definition) is 1. The third kappa shape index (κ3) is 5.64. The van der Waals surface area contributed by atoms with Gasteiger partial charge in [-0.3, -0.25) is 4.79 Å². The van der Waals surface area contributed by atoms with E-state index >= 15 is 0 Å². The average Bonchev–Trinajstić information content (AvgIpc) is 2.81. The van der Waals surface area contributed by atoms with Gasteiger partial charge in [-0.25, -0.2) is 0 Å². The third-order valence-electron chi connectivity index (χ3n) is 3.54. The van der Waals surface area contributed by atoms with Crippen molar-refractivity contribution in [3.63, 3.8) is 0 Å². The number of rotatable bonds is 9. The zero-order valence-electron chi connectivity index (χ0n) is 10.8. The van der Waals surface area contributed by atoms with Crippen molar-refractivity contribution in [1.29, 1.82) is 0 Å². The molecule has 1 unspecified atom stereocenters. The lowest BCUT2D eigenvalue weighted by molar-refractivity contribution is -0.122. The minimum absolute atomic E-state index is 0.333. The lowest BCUT2D eigenvalue weighted by Crippen LogP contribution is -2.17. The Balaban J connectivity index is 1.88. The highest BCUT2D eigenvalue weighted by Crippen LogP contribution is 2.14. The SMILES string of the molecule is CCCCCCCCCC(=O)C1CCNC1. The molecule has 1 aliphatic rings. The summed E-state index contributed by atoms with van der Waals surface area (Å²) in [7, 11) is 0. The van der Waals surface area contributed by atoms with Gasteiger partial charge in [0.2, 0.25) is 0 Å². The molecule has 0 radical (unpaired) electrons. The highest BCUT2D eigenvalue weighted by atomic mass is 16.1. The van der Waals surface area contributed by atoms with Gasteiger partial charge in [0.25, 0.3) is 0 Å². The van der Waals surface area contributed by atoms with E-state index in [0.717, 1.165) is 32.4 Å². The monoisotopic (exact) mass is 225 g/mol. The van der Waals surface area contributed by atoms with E-state index in [1.54, 1.807) is 0 Å². The Morgan fingerprint density at radius 1 is 1.12 bits per heavy atom. The van der Waals surface area contributed by atoms with E-state index in [-0.39, 0.29) is 0 Å². The normalized spacial score (nSPS) is 20.2. The van der Waals surface area contributed by atoms with Gasteiger partial charge in [0.05, 0.1) is 0 Å². The molecule has 1 N–H and O–H groups in total. The van der Waals surface area contributed by atoms with Crippen LogP contribution in [0.4, 0.5) is 0 Å². The van der Waals surface area contributed by atoms with Crippen LogP contribution in [-0.4, -0.2) is 18.9 Å². The lowest BCUT2D eigenvalue weighted by Gasteiger charge is -2.06. The molecule has 1 saturated heterocycles. The number of ketones is 1. The Morgan fingerprint density at radius 2 is 1.81 bits per heavy atom. The van der Waals surface area contributed by atoms with Crippen molar-refractivity contribution in [2.45, 2.75) is 64.7 Å². The number of carbonyl (C=O) groups excluding carboxylic acids is 1. The molecule has 0 bridgehead atoms. The fraction of sp³-hybridized carbons (Fsp3) is 0.929. The summed E-state index contributed by atoms with van der Waals surface area (Å²) in [5.41, 5.74) is 0. The van der Waals surface area contributed by atoms with Crippen LogP contribution in [-0.2, 0) is 4.79 Å². The highest BCUT2D eigenvalue weighted by molar-refractivity contribution is 5.81. The van der Waals surface area contributed by atoms with E-state index in [1.807, 2.05) is 0 Å². The van der Waals surface area contributed by atoms with E-state index in [0.29, 0.717) is 11.7 Å². The Kier molecular flexibility index (Phi) is 7.48. The van der Waals surface area contributed by atoms with Crippen LogP contribution in [0, 0.1) is 5.92 Å². The second-order valence-corrected chi connectivity index (χ2v) is 5.03. The molecule has 0 aromatic heterocycles. The Morgan fingerprint density at radius 3 is 2.44 bits per heavy atom. The third-order valence-corrected chi connectivity index (χ3v) is 3.54. The second-order valence-electron chi connectivity index (χ2n) is 5.03. The molecule has 1 rings (SSSR count). The zero-order chi connectivity index (χ0) is 11.6. The minimum Gasteiger partial charge on any atom is -0.316 e. The number of hydrogen-bond acceptors (Lipinski definition) is 2. The number of Topliss-reactive ketones (excluding diaryl/α,β-unsaturated/α-hetero) is 1. The Labute approximate surface area is 100 Å². The molecule has 0 aromatic carbocycles. The molecule has 0 aromatic rings. The fourth-order valence-corrected chi connectivity index (χ4v) is 2.39. The van der Waals surface area contributed by atoms with Gasteiger partial charge >= 0.3 is 0 Å². The molecule has 1 aliphatic heterocycles. The Hall–Kier alpha value is -0.370. The van der Waals surface area contributed by atoms with Crippen LogP contribution in [0.15, 0.2) is 0 Å². The molecule has 1 atom stereocenters. The first-order valence-electron chi connectivity index (χ1n) is 7.08. The van der Waals surface area contributed by atoms with Crippen LogP contribution in [0.5, 0.6) is 0 Å². The van der Waals surface area contributed by atoms with Gasteiger partial charge < -0.3 is 5.32 Å². The average molecular weight is 225 g/mol. The van der Waals surface area contributed by atoms with Crippen molar-refractivity contribution in [3.8, 4) is 0 Å². The van der Waals surface area contributed by atoms with Crippen molar-refractivity contribution in [2.24, 2.45) is 5.92 Å². The lowest BCUT2D eigenvalue weighted by atomic mass is 9.98. The summed E-state index contributed by atoms with van der Waals surface area (Å²) in [6.07, 6.45) is 11.0. The summed E-state index contributed by atoms with van der Waals surface area (Å²) >= 11 is 0. The van der Waals surface area contributed by atoms with Gasteiger partial charge in [0, 0.05) is 18.9 Å². The van der Waals surface area contributed by atoms with E-state index < -0.39 is 0 Å². The van der Waals surface area contributed by atoms with E-state index in [9.17, 15) is 4.79 Å². The van der Waals surface area contributed by atoms with Crippen molar-refractivity contribution in [2.75, 3.05) is 13.1 Å². The molecule has 1 heterocycles. The molecule has 2 nitrogen and oxygen atoms in total. The summed E-state index contributed by atoms with van der Waals surface area (Å²) in [5.74, 6) is 0.832. The van der Waals surface area contributed by atoms with E-state index in [1.165, 1.54) is 38.5 Å². The molecule has 0 spiro atoms. The van der Waals surface area contributed by atoms with E-state index in [4.69, 9.17) is 0 Å². The van der Waals surface area contributed by atoms with Gasteiger partial charge in [-0.05, 0) is 19.4 Å². The molecule has 0 saturated carbocycles. The summed E-state index contributed by atoms with van der Waals surface area (Å²) in [6.45, 7) is 4.21. The second kappa shape index (κ2) is 8.74. The maximum Gasteiger partial charge on any atom is 0.137 e. The smallest absolute Gasteiger partial charge is 0.137 e. The largest absolute Gasteiger partial charge is 0.316 e. The molecule has 2 heteroatoms. The minimum atomic E-state index is 0.333. The van der Waals surface area contributed by atoms with Gasteiger partial charge in [0.15, 0.2) is 0 Å². The molecule has 0 aliphatic carbocycles. The van der Waals surface area contributed by atoms with Crippen LogP contribution in [0.3, 0.4) is 0 Å². The standard InChI is InChI=1S/C14H27NO/c1-2-3-4-5-6-7-8-9-14(16)13-10-11-15-12-13/h13,15H,2-12H2,1H3. The van der Waals surface area contributed by atoms with Gasteiger partial charge in [-0.2, -0.15) is 0 Å². The maximum atomic E-state index is 11.7. The molecule has 94 valence electrons. The Bertz CT molecular complexity index is 185. The summed E-state index contributed by atoms with van der Waals surface area (Å²) in [6, 6.07) is 0. The predicted molar refractivity (Wildman–Crippen MR) is 68.6 cm³/mol. The molecular formula is C14H27NO. The van der Waals surface area contributed by atoms with Gasteiger partial charge in [-0.1, -0.05) is 45.4 Å². The van der Waals surface area contributed by atoms with Gasteiger partial charge in [0.1, 0.15) is 5.78 Å². The summed E-state index contributed by atoms with van der Waals surface area (Å²) in [5, 5.41) is 3.26. The molecule has 1 fully saturated rings. The maximum absolute atomic E-state index is 11.7. The van der Waals surface area contributed by atoms with Crippen LogP contribution in [0.2, 0.25) is 0 Å². The number of nitrogens with one attached hydrogen (secondary N) is 1. The van der Waals surface area contributed by atoms with Crippen molar-refractivity contribution < 1.29 is 4.79 Å². The van der Waals surface area contributed by atoms with Crippen LogP contribution in [0.1, 0.15) is 64.7 Å². The number of unbranched alkanes of at least 4 members (excludes halogenated alkanes) is 6. The summed E-state index contributed by atoms with van der Waals surface area (Å²) < 4.78 is 0. The van der Waals surface area contributed by atoms with Crippen LogP contribution < -0.4 is 5.32 Å². The predicted octanol–water partition coefficient (Wildman–Crippen LogP) is 3.31. The summed E-state index contributed by atoms with van der Waals surface area (Å²) in [4.78, 5) is 11.7.